The number of carbonyl (C=O) groups is 1. The number of hydrogen-bond acceptors (Lipinski definition) is 6. The number of likely N-dealkylation sites (N-methyl/N-ethyl adjacent to an activating group) is 1. The molecule has 0 saturated carbocycles. The lowest BCUT2D eigenvalue weighted by molar-refractivity contribution is -0.130. The second-order valence-corrected chi connectivity index (χ2v) is 5.35. The number of aryl methyl sites for hydroxylation is 2. The summed E-state index contributed by atoms with van der Waals surface area (Å²) in [6.07, 6.45) is 1.02. The molecule has 20 heavy (non-hydrogen) atoms. The van der Waals surface area contributed by atoms with Crippen molar-refractivity contribution in [2.75, 3.05) is 27.2 Å². The van der Waals surface area contributed by atoms with E-state index in [-0.39, 0.29) is 11.9 Å². The quantitative estimate of drug-likeness (QED) is 0.798. The van der Waals surface area contributed by atoms with E-state index in [1.807, 2.05) is 25.9 Å². The standard InChI is InChI=1S/C13H22N4O3/c1-4-11-14-12(20-15-11)5-6-13(19)17-7-9(16(2)3)10(18)8-17/h9-10,18H,4-8H2,1-3H3/t9-,10-/m1/s1. The molecule has 2 heterocycles. The minimum atomic E-state index is -0.482. The van der Waals surface area contributed by atoms with Crippen LogP contribution in [0.5, 0.6) is 0 Å². The van der Waals surface area contributed by atoms with Gasteiger partial charge in [-0.2, -0.15) is 4.98 Å². The Morgan fingerprint density at radius 2 is 2.25 bits per heavy atom. The van der Waals surface area contributed by atoms with Gasteiger partial charge in [-0.25, -0.2) is 0 Å². The summed E-state index contributed by atoms with van der Waals surface area (Å²) in [4.78, 5) is 19.9. The first kappa shape index (κ1) is 14.9. The van der Waals surface area contributed by atoms with E-state index in [1.165, 1.54) is 0 Å². The summed E-state index contributed by atoms with van der Waals surface area (Å²) < 4.78 is 5.06. The highest BCUT2D eigenvalue weighted by molar-refractivity contribution is 5.76. The van der Waals surface area contributed by atoms with Gasteiger partial charge in [-0.15, -0.1) is 0 Å². The molecule has 1 aromatic heterocycles. The van der Waals surface area contributed by atoms with Gasteiger partial charge in [0.2, 0.25) is 11.8 Å². The molecule has 1 aliphatic heterocycles. The summed E-state index contributed by atoms with van der Waals surface area (Å²) in [6.45, 7) is 2.91. The predicted molar refractivity (Wildman–Crippen MR) is 72.1 cm³/mol. The van der Waals surface area contributed by atoms with Crippen LogP contribution in [0, 0.1) is 0 Å². The highest BCUT2D eigenvalue weighted by Crippen LogP contribution is 2.15. The number of aromatic nitrogens is 2. The molecule has 2 rings (SSSR count). The van der Waals surface area contributed by atoms with Gasteiger partial charge >= 0.3 is 0 Å². The lowest BCUT2D eigenvalue weighted by Gasteiger charge is -2.21. The fourth-order valence-electron chi connectivity index (χ4n) is 2.39. The normalized spacial score (nSPS) is 22.8. The Bertz CT molecular complexity index is 460. The van der Waals surface area contributed by atoms with Crippen molar-refractivity contribution in [1.82, 2.24) is 19.9 Å². The monoisotopic (exact) mass is 282 g/mol. The van der Waals surface area contributed by atoms with Gasteiger partial charge in [0.05, 0.1) is 12.1 Å². The number of nitrogens with zero attached hydrogens (tertiary/aromatic N) is 4. The number of aliphatic hydroxyl groups is 1. The molecule has 1 N–H and O–H groups in total. The van der Waals surface area contributed by atoms with Gasteiger partial charge < -0.3 is 19.4 Å². The average Bonchev–Trinajstić information content (AvgIpc) is 3.02. The Hall–Kier alpha value is -1.47. The number of β-amino-alcohol motifs (C(OH)–C–C–N with tert-alkyl or cyclic N) is 1. The summed E-state index contributed by atoms with van der Waals surface area (Å²) in [6, 6.07) is 0.00838. The third-order valence-electron chi connectivity index (χ3n) is 3.65. The van der Waals surface area contributed by atoms with Crippen LogP contribution in [0.25, 0.3) is 0 Å². The summed E-state index contributed by atoms with van der Waals surface area (Å²) in [5, 5.41) is 13.7. The zero-order chi connectivity index (χ0) is 14.7. The van der Waals surface area contributed by atoms with Crippen molar-refractivity contribution in [3.63, 3.8) is 0 Å². The molecule has 7 nitrogen and oxygen atoms in total. The second-order valence-electron chi connectivity index (χ2n) is 5.35. The zero-order valence-corrected chi connectivity index (χ0v) is 12.2. The van der Waals surface area contributed by atoms with Crippen molar-refractivity contribution in [2.24, 2.45) is 0 Å². The molecular weight excluding hydrogens is 260 g/mol. The van der Waals surface area contributed by atoms with Crippen LogP contribution in [-0.4, -0.2) is 70.3 Å². The molecule has 1 aliphatic rings. The maximum Gasteiger partial charge on any atom is 0.227 e. The smallest absolute Gasteiger partial charge is 0.227 e. The van der Waals surface area contributed by atoms with Crippen molar-refractivity contribution in [2.45, 2.75) is 38.3 Å². The van der Waals surface area contributed by atoms with Crippen molar-refractivity contribution in [1.29, 1.82) is 0 Å². The molecule has 0 aliphatic carbocycles. The number of aliphatic hydroxyl groups excluding tert-OH is 1. The van der Waals surface area contributed by atoms with Crippen LogP contribution in [0.4, 0.5) is 0 Å². The van der Waals surface area contributed by atoms with Crippen molar-refractivity contribution >= 4 is 5.91 Å². The molecule has 2 atom stereocenters. The van der Waals surface area contributed by atoms with E-state index in [2.05, 4.69) is 10.1 Å². The van der Waals surface area contributed by atoms with Crippen LogP contribution < -0.4 is 0 Å². The van der Waals surface area contributed by atoms with E-state index in [0.717, 1.165) is 6.42 Å². The Morgan fingerprint density at radius 3 is 2.80 bits per heavy atom. The third-order valence-corrected chi connectivity index (χ3v) is 3.65. The summed E-state index contributed by atoms with van der Waals surface area (Å²) in [5.41, 5.74) is 0. The topological polar surface area (TPSA) is 82.7 Å². The van der Waals surface area contributed by atoms with Gasteiger partial charge in [0.15, 0.2) is 5.82 Å². The van der Waals surface area contributed by atoms with Gasteiger partial charge in [0.1, 0.15) is 0 Å². The molecule has 0 radical (unpaired) electrons. The van der Waals surface area contributed by atoms with Crippen LogP contribution in [0.2, 0.25) is 0 Å². The Morgan fingerprint density at radius 1 is 1.50 bits per heavy atom. The molecule has 1 fully saturated rings. The number of likely N-dealkylation sites (tertiary alicyclic amines) is 1. The van der Waals surface area contributed by atoms with Gasteiger partial charge in [-0.1, -0.05) is 12.1 Å². The summed E-state index contributed by atoms with van der Waals surface area (Å²) in [5.74, 6) is 1.18. The lowest BCUT2D eigenvalue weighted by Crippen LogP contribution is -2.38. The maximum absolute atomic E-state index is 12.1. The minimum absolute atomic E-state index is 0.00838. The number of hydrogen-bond donors (Lipinski definition) is 1. The minimum Gasteiger partial charge on any atom is -0.390 e. The SMILES string of the molecule is CCc1noc(CCC(=O)N2C[C@@H](O)[C@H](N(C)C)C2)n1. The van der Waals surface area contributed by atoms with Crippen LogP contribution >= 0.6 is 0 Å². The van der Waals surface area contributed by atoms with E-state index >= 15 is 0 Å². The van der Waals surface area contributed by atoms with Crippen LogP contribution in [0.3, 0.4) is 0 Å². The van der Waals surface area contributed by atoms with Crippen LogP contribution in [0.15, 0.2) is 4.52 Å². The van der Waals surface area contributed by atoms with Gasteiger partial charge in [-0.05, 0) is 14.1 Å². The predicted octanol–water partition coefficient (Wildman–Crippen LogP) is -0.302. The van der Waals surface area contributed by atoms with E-state index in [1.54, 1.807) is 4.90 Å². The third kappa shape index (κ3) is 3.34. The van der Waals surface area contributed by atoms with Gasteiger partial charge in [0, 0.05) is 32.4 Å². The number of carbonyl (C=O) groups excluding carboxylic acids is 1. The van der Waals surface area contributed by atoms with E-state index in [9.17, 15) is 9.90 Å². The largest absolute Gasteiger partial charge is 0.390 e. The highest BCUT2D eigenvalue weighted by Gasteiger charge is 2.34. The fraction of sp³-hybridized carbons (Fsp3) is 0.769. The molecule has 7 heteroatoms. The van der Waals surface area contributed by atoms with Crippen molar-refractivity contribution in [3.8, 4) is 0 Å². The molecule has 1 saturated heterocycles. The van der Waals surface area contributed by atoms with Gasteiger partial charge in [0.25, 0.3) is 0 Å². The molecule has 0 bridgehead atoms. The van der Waals surface area contributed by atoms with Crippen LogP contribution in [0.1, 0.15) is 25.1 Å². The first-order valence-corrected chi connectivity index (χ1v) is 6.95. The molecule has 1 amide bonds. The van der Waals surface area contributed by atoms with Crippen molar-refractivity contribution in [3.05, 3.63) is 11.7 Å². The molecule has 0 spiro atoms. The summed E-state index contributed by atoms with van der Waals surface area (Å²) >= 11 is 0. The average molecular weight is 282 g/mol. The molecule has 0 aromatic carbocycles. The second kappa shape index (κ2) is 6.32. The fourth-order valence-corrected chi connectivity index (χ4v) is 2.39. The van der Waals surface area contributed by atoms with E-state index in [0.29, 0.717) is 37.6 Å². The number of amides is 1. The van der Waals surface area contributed by atoms with E-state index < -0.39 is 6.10 Å². The highest BCUT2D eigenvalue weighted by atomic mass is 16.5. The first-order chi connectivity index (χ1) is 9.51. The first-order valence-electron chi connectivity index (χ1n) is 6.95. The van der Waals surface area contributed by atoms with E-state index in [4.69, 9.17) is 4.52 Å². The molecule has 0 unspecified atom stereocenters. The van der Waals surface area contributed by atoms with Crippen molar-refractivity contribution < 1.29 is 14.4 Å². The lowest BCUT2D eigenvalue weighted by atomic mass is 10.2. The Labute approximate surface area is 118 Å². The maximum atomic E-state index is 12.1. The molecule has 112 valence electrons. The molecule has 1 aromatic rings. The van der Waals surface area contributed by atoms with Gasteiger partial charge in [-0.3, -0.25) is 4.79 Å². The number of rotatable bonds is 5. The summed E-state index contributed by atoms with van der Waals surface area (Å²) in [7, 11) is 3.82. The molecular formula is C13H22N4O3. The van der Waals surface area contributed by atoms with Crippen LogP contribution in [-0.2, 0) is 17.6 Å². The zero-order valence-electron chi connectivity index (χ0n) is 12.2. The Kier molecular flexibility index (Phi) is 4.72. The Balaban J connectivity index is 1.83.